The van der Waals surface area contributed by atoms with Gasteiger partial charge < -0.3 is 9.64 Å². The smallest absolute Gasteiger partial charge is 0.347 e. The second-order valence-corrected chi connectivity index (χ2v) is 5.05. The van der Waals surface area contributed by atoms with Crippen molar-refractivity contribution in [2.24, 2.45) is 0 Å². The molecule has 16 heavy (non-hydrogen) atoms. The molecule has 2 heterocycles. The molecule has 4 nitrogen and oxygen atoms in total. The van der Waals surface area contributed by atoms with Gasteiger partial charge in [-0.1, -0.05) is 11.8 Å². The molecule has 0 unspecified atom stereocenters. The number of rotatable bonds is 2. The minimum absolute atomic E-state index is 0.285. The predicted molar refractivity (Wildman–Crippen MR) is 64.1 cm³/mol. The van der Waals surface area contributed by atoms with E-state index in [1.807, 2.05) is 4.90 Å². The van der Waals surface area contributed by atoms with Gasteiger partial charge in [-0.15, -0.1) is 11.8 Å². The monoisotopic (exact) mass is 254 g/mol. The number of allylic oxidation sites excluding steroid dienone is 1. The van der Waals surface area contributed by atoms with Crippen LogP contribution in [-0.2, 0) is 9.53 Å². The first-order valence-electron chi connectivity index (χ1n) is 4.86. The number of hydrogen-bond donors (Lipinski definition) is 0. The molecule has 0 spiro atoms. The Hall–Kier alpha value is -1.06. The molecule has 0 bridgehead atoms. The lowest BCUT2D eigenvalue weighted by Gasteiger charge is -2.26. The molecule has 84 valence electrons. The summed E-state index contributed by atoms with van der Waals surface area (Å²) in [7, 11) is 0. The maximum atomic E-state index is 11.7. The molecule has 0 aromatic carbocycles. The Bertz CT molecular complexity index is 423. The molecule has 0 aromatic rings. The molecule has 0 aliphatic carbocycles. The molecule has 0 fully saturated rings. The first kappa shape index (κ1) is 11.4. The fourth-order valence-corrected chi connectivity index (χ4v) is 3.60. The summed E-state index contributed by atoms with van der Waals surface area (Å²) in [6, 6.07) is 2.13. The van der Waals surface area contributed by atoms with Crippen molar-refractivity contribution in [2.45, 2.75) is 6.92 Å². The SMILES string of the molecule is CCOC(=O)C1=C2SC=C(C#N)N2CCS1. The van der Waals surface area contributed by atoms with Gasteiger partial charge in [0.2, 0.25) is 0 Å². The van der Waals surface area contributed by atoms with E-state index in [4.69, 9.17) is 10.00 Å². The van der Waals surface area contributed by atoms with Crippen molar-refractivity contribution < 1.29 is 9.53 Å². The number of fused-ring (bicyclic) bond motifs is 1. The summed E-state index contributed by atoms with van der Waals surface area (Å²) in [5.74, 6) is 0.518. The van der Waals surface area contributed by atoms with Crippen LogP contribution < -0.4 is 0 Å². The largest absolute Gasteiger partial charge is 0.462 e. The van der Waals surface area contributed by atoms with Crippen molar-refractivity contribution in [3.63, 3.8) is 0 Å². The first-order chi connectivity index (χ1) is 7.77. The maximum Gasteiger partial charge on any atom is 0.347 e. The van der Waals surface area contributed by atoms with Gasteiger partial charge in [0.1, 0.15) is 21.7 Å². The third kappa shape index (κ3) is 1.93. The molecule has 0 atom stereocenters. The second-order valence-electron chi connectivity index (χ2n) is 3.09. The van der Waals surface area contributed by atoms with E-state index < -0.39 is 0 Å². The highest BCUT2D eigenvalue weighted by atomic mass is 32.2. The van der Waals surface area contributed by atoms with Gasteiger partial charge in [-0.3, -0.25) is 0 Å². The van der Waals surface area contributed by atoms with Crippen LogP contribution in [-0.4, -0.2) is 29.8 Å². The molecule has 6 heteroatoms. The van der Waals surface area contributed by atoms with Gasteiger partial charge in [-0.25, -0.2) is 4.79 Å². The molecule has 0 saturated heterocycles. The molecule has 0 aromatic heterocycles. The topological polar surface area (TPSA) is 53.3 Å². The van der Waals surface area contributed by atoms with E-state index in [1.54, 1.807) is 12.3 Å². The zero-order valence-electron chi connectivity index (χ0n) is 8.73. The van der Waals surface area contributed by atoms with E-state index in [0.29, 0.717) is 17.2 Å². The number of nitrogens with zero attached hydrogens (tertiary/aromatic N) is 2. The van der Waals surface area contributed by atoms with Crippen molar-refractivity contribution in [3.8, 4) is 6.07 Å². The average Bonchev–Trinajstić information content (AvgIpc) is 2.71. The van der Waals surface area contributed by atoms with Crippen LogP contribution in [0.1, 0.15) is 6.92 Å². The molecule has 0 saturated carbocycles. The van der Waals surface area contributed by atoms with Crippen LogP contribution in [0.2, 0.25) is 0 Å². The van der Waals surface area contributed by atoms with Crippen molar-refractivity contribution in [1.82, 2.24) is 4.90 Å². The van der Waals surface area contributed by atoms with E-state index in [-0.39, 0.29) is 5.97 Å². The highest BCUT2D eigenvalue weighted by Gasteiger charge is 2.31. The Morgan fingerprint density at radius 3 is 3.25 bits per heavy atom. The van der Waals surface area contributed by atoms with Gasteiger partial charge in [0, 0.05) is 17.7 Å². The summed E-state index contributed by atoms with van der Waals surface area (Å²) in [5, 5.41) is 11.5. The number of thioether (sulfide) groups is 2. The van der Waals surface area contributed by atoms with Crippen molar-refractivity contribution in [2.75, 3.05) is 18.9 Å². The second kappa shape index (κ2) is 4.85. The quantitative estimate of drug-likeness (QED) is 0.701. The fraction of sp³-hybridized carbons (Fsp3) is 0.400. The number of carbonyl (C=O) groups excluding carboxylic acids is 1. The number of hydrogen-bond acceptors (Lipinski definition) is 6. The summed E-state index contributed by atoms with van der Waals surface area (Å²) in [5.41, 5.74) is 0.613. The van der Waals surface area contributed by atoms with Crippen LogP contribution in [0.4, 0.5) is 0 Å². The Morgan fingerprint density at radius 2 is 2.56 bits per heavy atom. The van der Waals surface area contributed by atoms with Crippen molar-refractivity contribution in [1.29, 1.82) is 5.26 Å². The van der Waals surface area contributed by atoms with Crippen LogP contribution in [0.5, 0.6) is 0 Å². The molecule has 2 aliphatic heterocycles. The molecular weight excluding hydrogens is 244 g/mol. The average molecular weight is 254 g/mol. The Morgan fingerprint density at radius 1 is 1.75 bits per heavy atom. The van der Waals surface area contributed by atoms with Crippen LogP contribution in [0.25, 0.3) is 0 Å². The molecular formula is C10H10N2O2S2. The minimum atomic E-state index is -0.285. The number of carbonyl (C=O) groups is 1. The minimum Gasteiger partial charge on any atom is -0.462 e. The Labute approximate surface area is 102 Å². The zero-order chi connectivity index (χ0) is 11.5. The fourth-order valence-electron chi connectivity index (χ4n) is 1.48. The van der Waals surface area contributed by atoms with Gasteiger partial charge in [0.05, 0.1) is 6.61 Å². The van der Waals surface area contributed by atoms with Gasteiger partial charge in [-0.05, 0) is 6.92 Å². The third-order valence-electron chi connectivity index (χ3n) is 2.15. The number of esters is 1. The lowest BCUT2D eigenvalue weighted by Crippen LogP contribution is -2.26. The summed E-state index contributed by atoms with van der Waals surface area (Å²) in [6.07, 6.45) is 0. The summed E-state index contributed by atoms with van der Waals surface area (Å²) in [6.45, 7) is 2.93. The van der Waals surface area contributed by atoms with Gasteiger partial charge >= 0.3 is 5.97 Å². The van der Waals surface area contributed by atoms with E-state index in [0.717, 1.165) is 17.3 Å². The lowest BCUT2D eigenvalue weighted by molar-refractivity contribution is -0.137. The van der Waals surface area contributed by atoms with Crippen molar-refractivity contribution in [3.05, 3.63) is 21.0 Å². The van der Waals surface area contributed by atoms with Crippen LogP contribution in [0, 0.1) is 11.3 Å². The molecule has 0 amide bonds. The normalized spacial score (nSPS) is 19.0. The third-order valence-corrected chi connectivity index (χ3v) is 4.30. The summed E-state index contributed by atoms with van der Waals surface area (Å²) < 4.78 is 4.99. The summed E-state index contributed by atoms with van der Waals surface area (Å²) in [4.78, 5) is 14.2. The van der Waals surface area contributed by atoms with E-state index in [9.17, 15) is 4.79 Å². The van der Waals surface area contributed by atoms with E-state index in [2.05, 4.69) is 6.07 Å². The van der Waals surface area contributed by atoms with Crippen LogP contribution >= 0.6 is 23.5 Å². The van der Waals surface area contributed by atoms with Gasteiger partial charge in [0.25, 0.3) is 0 Å². The van der Waals surface area contributed by atoms with E-state index >= 15 is 0 Å². The van der Waals surface area contributed by atoms with Crippen molar-refractivity contribution >= 4 is 29.5 Å². The molecule has 2 aliphatic rings. The highest BCUT2D eigenvalue weighted by Crippen LogP contribution is 2.42. The standard InChI is InChI=1S/C10H10N2O2S2/c1-2-14-10(13)8-9-12(3-4-15-8)7(5-11)6-16-9/h6H,2-4H2,1H3. The van der Waals surface area contributed by atoms with Crippen LogP contribution in [0.3, 0.4) is 0 Å². The summed E-state index contributed by atoms with van der Waals surface area (Å²) >= 11 is 2.92. The van der Waals surface area contributed by atoms with Gasteiger partial charge in [0.15, 0.2) is 0 Å². The van der Waals surface area contributed by atoms with Crippen LogP contribution in [0.15, 0.2) is 21.0 Å². The Balaban J connectivity index is 2.27. The van der Waals surface area contributed by atoms with Gasteiger partial charge in [-0.2, -0.15) is 5.26 Å². The number of nitriles is 1. The first-order valence-corrected chi connectivity index (χ1v) is 6.73. The molecule has 2 rings (SSSR count). The number of ether oxygens (including phenoxy) is 1. The highest BCUT2D eigenvalue weighted by molar-refractivity contribution is 8.09. The molecule has 0 radical (unpaired) electrons. The lowest BCUT2D eigenvalue weighted by atomic mass is 10.4. The maximum absolute atomic E-state index is 11.7. The zero-order valence-corrected chi connectivity index (χ0v) is 10.4. The molecule has 0 N–H and O–H groups in total. The Kier molecular flexibility index (Phi) is 3.46. The van der Waals surface area contributed by atoms with E-state index in [1.165, 1.54) is 23.5 Å². The predicted octanol–water partition coefficient (Wildman–Crippen LogP) is 1.88.